The summed E-state index contributed by atoms with van der Waals surface area (Å²) in [5.41, 5.74) is 11.8. The van der Waals surface area contributed by atoms with Crippen molar-refractivity contribution in [2.45, 2.75) is 13.1 Å². The molecule has 2 rings (SSSR count). The Morgan fingerprint density at radius 3 is 2.35 bits per heavy atom. The van der Waals surface area contributed by atoms with E-state index in [1.54, 1.807) is 6.92 Å². The molecule has 0 aliphatic heterocycles. The summed E-state index contributed by atoms with van der Waals surface area (Å²) >= 11 is 0. The number of anilines is 2. The smallest absolute Gasteiger partial charge is 0.396 e. The van der Waals surface area contributed by atoms with Crippen LogP contribution >= 0.6 is 0 Å². The molecular formula is C11H10F3N3. The van der Waals surface area contributed by atoms with Gasteiger partial charge in [-0.2, -0.15) is 13.2 Å². The van der Waals surface area contributed by atoms with Gasteiger partial charge in [-0.15, -0.1) is 0 Å². The molecule has 2 aromatic rings. The SMILES string of the molecule is Cc1nc2cc(C(F)(F)F)ccc2c(N)c1N. The van der Waals surface area contributed by atoms with E-state index in [2.05, 4.69) is 4.98 Å². The number of alkyl halides is 3. The third-order valence-electron chi connectivity index (χ3n) is 2.58. The van der Waals surface area contributed by atoms with E-state index in [4.69, 9.17) is 11.5 Å². The van der Waals surface area contributed by atoms with Crippen LogP contribution in [0.25, 0.3) is 10.9 Å². The van der Waals surface area contributed by atoms with Gasteiger partial charge in [-0.25, -0.2) is 0 Å². The number of pyridine rings is 1. The summed E-state index contributed by atoms with van der Waals surface area (Å²) in [5.74, 6) is 0. The van der Waals surface area contributed by atoms with Crippen molar-refractivity contribution in [1.29, 1.82) is 0 Å². The van der Waals surface area contributed by atoms with Gasteiger partial charge in [0.05, 0.1) is 28.1 Å². The first-order valence-electron chi connectivity index (χ1n) is 4.83. The van der Waals surface area contributed by atoms with Crippen LogP contribution in [0, 0.1) is 6.92 Å². The van der Waals surface area contributed by atoms with Crippen molar-refractivity contribution in [2.24, 2.45) is 0 Å². The second-order valence-electron chi connectivity index (χ2n) is 3.75. The minimum atomic E-state index is -4.39. The first kappa shape index (κ1) is 11.5. The molecule has 0 saturated carbocycles. The highest BCUT2D eigenvalue weighted by molar-refractivity contribution is 5.96. The summed E-state index contributed by atoms with van der Waals surface area (Å²) in [5, 5.41) is 0.432. The van der Waals surface area contributed by atoms with Crippen LogP contribution in [0.4, 0.5) is 24.5 Å². The summed E-state index contributed by atoms with van der Waals surface area (Å²) in [4.78, 5) is 4.01. The van der Waals surface area contributed by atoms with E-state index < -0.39 is 11.7 Å². The van der Waals surface area contributed by atoms with E-state index in [0.717, 1.165) is 12.1 Å². The third-order valence-corrected chi connectivity index (χ3v) is 2.58. The fourth-order valence-electron chi connectivity index (χ4n) is 1.61. The fraction of sp³-hybridized carbons (Fsp3) is 0.182. The molecule has 1 aromatic carbocycles. The van der Waals surface area contributed by atoms with Crippen LogP contribution < -0.4 is 11.5 Å². The van der Waals surface area contributed by atoms with Gasteiger partial charge in [0, 0.05) is 5.39 Å². The molecule has 0 aliphatic rings. The van der Waals surface area contributed by atoms with E-state index in [1.807, 2.05) is 0 Å². The lowest BCUT2D eigenvalue weighted by molar-refractivity contribution is -0.137. The Balaban J connectivity index is 2.76. The minimum absolute atomic E-state index is 0.198. The summed E-state index contributed by atoms with van der Waals surface area (Å²) in [6.45, 7) is 1.60. The van der Waals surface area contributed by atoms with Gasteiger partial charge in [0.2, 0.25) is 0 Å². The van der Waals surface area contributed by atoms with Crippen LogP contribution in [0.1, 0.15) is 11.3 Å². The number of halogens is 3. The highest BCUT2D eigenvalue weighted by atomic mass is 19.4. The van der Waals surface area contributed by atoms with Gasteiger partial charge in [0.15, 0.2) is 0 Å². The highest BCUT2D eigenvalue weighted by Crippen LogP contribution is 2.34. The number of hydrogen-bond acceptors (Lipinski definition) is 3. The number of nitrogen functional groups attached to an aromatic ring is 2. The van der Waals surface area contributed by atoms with Crippen LogP contribution in [-0.4, -0.2) is 4.98 Å². The first-order chi connectivity index (χ1) is 7.80. The number of hydrogen-bond donors (Lipinski definition) is 2. The summed E-state index contributed by atoms with van der Waals surface area (Å²) in [6.07, 6.45) is -4.39. The molecular weight excluding hydrogens is 231 g/mol. The second-order valence-corrected chi connectivity index (χ2v) is 3.75. The largest absolute Gasteiger partial charge is 0.416 e. The summed E-state index contributed by atoms with van der Waals surface area (Å²) < 4.78 is 37.5. The van der Waals surface area contributed by atoms with Gasteiger partial charge in [-0.1, -0.05) is 6.07 Å². The van der Waals surface area contributed by atoms with Gasteiger partial charge in [-0.3, -0.25) is 4.98 Å². The zero-order valence-electron chi connectivity index (χ0n) is 8.97. The average Bonchev–Trinajstić information content (AvgIpc) is 2.24. The standard InChI is InChI=1S/C11H10F3N3/c1-5-9(15)10(16)7-3-2-6(11(12,13)14)4-8(7)17-5/h2-4H,15H2,1H3,(H2,16,17). The molecule has 0 unspecified atom stereocenters. The van der Waals surface area contributed by atoms with E-state index in [9.17, 15) is 13.2 Å². The van der Waals surface area contributed by atoms with Gasteiger partial charge >= 0.3 is 6.18 Å². The third kappa shape index (κ3) is 1.86. The van der Waals surface area contributed by atoms with Crippen molar-refractivity contribution in [3.05, 3.63) is 29.5 Å². The van der Waals surface area contributed by atoms with Gasteiger partial charge in [0.25, 0.3) is 0 Å². The Morgan fingerprint density at radius 2 is 1.76 bits per heavy atom. The monoisotopic (exact) mass is 241 g/mol. The van der Waals surface area contributed by atoms with Crippen molar-refractivity contribution in [3.63, 3.8) is 0 Å². The maximum atomic E-state index is 12.5. The van der Waals surface area contributed by atoms with Crippen LogP contribution in [0.3, 0.4) is 0 Å². The predicted molar refractivity (Wildman–Crippen MR) is 60.3 cm³/mol. The molecule has 0 bridgehead atoms. The number of rotatable bonds is 0. The highest BCUT2D eigenvalue weighted by Gasteiger charge is 2.30. The van der Waals surface area contributed by atoms with Crippen molar-refractivity contribution in [2.75, 3.05) is 11.5 Å². The number of aromatic nitrogens is 1. The van der Waals surface area contributed by atoms with Gasteiger partial charge in [-0.05, 0) is 19.1 Å². The summed E-state index contributed by atoms with van der Waals surface area (Å²) in [7, 11) is 0. The Kier molecular flexibility index (Phi) is 2.38. The van der Waals surface area contributed by atoms with Gasteiger partial charge < -0.3 is 11.5 Å². The second kappa shape index (κ2) is 3.51. The zero-order chi connectivity index (χ0) is 12.8. The predicted octanol–water partition coefficient (Wildman–Crippen LogP) is 2.73. The Hall–Kier alpha value is -1.98. The topological polar surface area (TPSA) is 64.9 Å². The molecule has 0 fully saturated rings. The molecule has 0 saturated heterocycles. The van der Waals surface area contributed by atoms with Crippen molar-refractivity contribution < 1.29 is 13.2 Å². The molecule has 0 amide bonds. The average molecular weight is 241 g/mol. The lowest BCUT2D eigenvalue weighted by Crippen LogP contribution is -2.06. The van der Waals surface area contributed by atoms with Crippen LogP contribution in [0.2, 0.25) is 0 Å². The number of nitrogens with zero attached hydrogens (tertiary/aromatic N) is 1. The molecule has 90 valence electrons. The number of benzene rings is 1. The van der Waals surface area contributed by atoms with Crippen LogP contribution in [-0.2, 0) is 6.18 Å². The molecule has 1 heterocycles. The van der Waals surface area contributed by atoms with Gasteiger partial charge in [0.1, 0.15) is 0 Å². The molecule has 3 nitrogen and oxygen atoms in total. The molecule has 4 N–H and O–H groups in total. The molecule has 0 radical (unpaired) electrons. The molecule has 0 atom stereocenters. The van der Waals surface area contributed by atoms with Crippen molar-refractivity contribution in [1.82, 2.24) is 4.98 Å². The fourth-order valence-corrected chi connectivity index (χ4v) is 1.61. The van der Waals surface area contributed by atoms with E-state index >= 15 is 0 Å². The van der Waals surface area contributed by atoms with E-state index in [0.29, 0.717) is 16.8 Å². The molecule has 0 aliphatic carbocycles. The van der Waals surface area contributed by atoms with E-state index in [-0.39, 0.29) is 11.2 Å². The van der Waals surface area contributed by atoms with Crippen molar-refractivity contribution >= 4 is 22.3 Å². The molecule has 6 heteroatoms. The van der Waals surface area contributed by atoms with Crippen LogP contribution in [0.15, 0.2) is 18.2 Å². The maximum Gasteiger partial charge on any atom is 0.416 e. The Labute approximate surface area is 95.2 Å². The van der Waals surface area contributed by atoms with E-state index in [1.165, 1.54) is 6.07 Å². The quantitative estimate of drug-likeness (QED) is 0.745. The Morgan fingerprint density at radius 1 is 1.12 bits per heavy atom. The zero-order valence-corrected chi connectivity index (χ0v) is 8.97. The Bertz CT molecular complexity index is 591. The maximum absolute atomic E-state index is 12.5. The number of fused-ring (bicyclic) bond motifs is 1. The normalized spacial score (nSPS) is 12.0. The van der Waals surface area contributed by atoms with Crippen molar-refractivity contribution in [3.8, 4) is 0 Å². The summed E-state index contributed by atoms with van der Waals surface area (Å²) in [6, 6.07) is 3.23. The lowest BCUT2D eigenvalue weighted by Gasteiger charge is -2.11. The minimum Gasteiger partial charge on any atom is -0.396 e. The number of nitrogens with two attached hydrogens (primary N) is 2. The molecule has 1 aromatic heterocycles. The molecule has 17 heavy (non-hydrogen) atoms. The van der Waals surface area contributed by atoms with Crippen LogP contribution in [0.5, 0.6) is 0 Å². The number of aryl methyl sites for hydroxylation is 1. The molecule has 0 spiro atoms. The lowest BCUT2D eigenvalue weighted by atomic mass is 10.1. The first-order valence-corrected chi connectivity index (χ1v) is 4.83.